The van der Waals surface area contributed by atoms with Crippen molar-refractivity contribution in [3.05, 3.63) is 64.7 Å². The lowest BCUT2D eigenvalue weighted by molar-refractivity contribution is 0.102. The molecule has 0 aliphatic carbocycles. The van der Waals surface area contributed by atoms with Crippen LogP contribution in [0.2, 0.25) is 5.02 Å². The normalized spacial score (nSPS) is 11.6. The average Bonchev–Trinajstić information content (AvgIpc) is 2.55. The fraction of sp³-hybridized carbons (Fsp3) is 0. The topological polar surface area (TPSA) is 95.1 Å². The van der Waals surface area contributed by atoms with Crippen LogP contribution in [0.1, 0.15) is 10.4 Å². The van der Waals surface area contributed by atoms with Gasteiger partial charge < -0.3 is 20.0 Å². The van der Waals surface area contributed by atoms with Crippen molar-refractivity contribution in [2.24, 2.45) is 5.16 Å². The van der Waals surface area contributed by atoms with E-state index >= 15 is 0 Å². The number of carbonyl (C=O) groups excluding carboxylic acids is 1. The van der Waals surface area contributed by atoms with Gasteiger partial charge in [0.15, 0.2) is 0 Å². The minimum absolute atomic E-state index is 0.00147. The quantitative estimate of drug-likeness (QED) is 0.496. The summed E-state index contributed by atoms with van der Waals surface area (Å²) < 4.78 is 5.34. The first-order chi connectivity index (χ1) is 11.1. The third kappa shape index (κ3) is 2.97. The standard InChI is InChI=1S/C16H11ClN2O4/c17-12-3-1-2-4-13(12)18-15(21)11-7-9-5-6-10(20)8-14(9)23-16(11)19-22/h1-8,20,22H,(H,18,21)/b19-16-. The van der Waals surface area contributed by atoms with E-state index in [0.29, 0.717) is 16.1 Å². The highest BCUT2D eigenvalue weighted by molar-refractivity contribution is 6.33. The maximum Gasteiger partial charge on any atom is 0.268 e. The molecule has 3 rings (SSSR count). The van der Waals surface area contributed by atoms with Crippen LogP contribution in [0.25, 0.3) is 11.0 Å². The van der Waals surface area contributed by atoms with Gasteiger partial charge in [0, 0.05) is 11.5 Å². The molecule has 3 aromatic rings. The highest BCUT2D eigenvalue weighted by Gasteiger charge is 2.14. The van der Waals surface area contributed by atoms with Gasteiger partial charge in [-0.05, 0) is 35.5 Å². The van der Waals surface area contributed by atoms with Gasteiger partial charge in [-0.1, -0.05) is 23.7 Å². The van der Waals surface area contributed by atoms with Crippen LogP contribution in [0, 0.1) is 0 Å². The number of phenolic OH excluding ortho intramolecular Hbond substituents is 1. The Morgan fingerprint density at radius 1 is 1.17 bits per heavy atom. The molecule has 116 valence electrons. The predicted molar refractivity (Wildman–Crippen MR) is 84.6 cm³/mol. The first-order valence-corrected chi connectivity index (χ1v) is 6.97. The summed E-state index contributed by atoms with van der Waals surface area (Å²) in [5.74, 6) is -0.539. The number of nitrogens with one attached hydrogen (secondary N) is 1. The van der Waals surface area contributed by atoms with Gasteiger partial charge in [0.1, 0.15) is 16.9 Å². The molecule has 1 amide bonds. The summed E-state index contributed by atoms with van der Waals surface area (Å²) in [6.45, 7) is 0. The summed E-state index contributed by atoms with van der Waals surface area (Å²) in [6, 6.07) is 12.7. The van der Waals surface area contributed by atoms with Gasteiger partial charge in [-0.15, -0.1) is 0 Å². The third-order valence-corrected chi connectivity index (χ3v) is 3.52. The molecule has 1 aromatic heterocycles. The zero-order chi connectivity index (χ0) is 16.4. The molecule has 0 atom stereocenters. The van der Waals surface area contributed by atoms with E-state index in [4.69, 9.17) is 21.2 Å². The van der Waals surface area contributed by atoms with Crippen LogP contribution in [0.4, 0.5) is 5.69 Å². The van der Waals surface area contributed by atoms with Crippen LogP contribution in [0.3, 0.4) is 0 Å². The zero-order valence-electron chi connectivity index (χ0n) is 11.7. The van der Waals surface area contributed by atoms with Gasteiger partial charge in [0.25, 0.3) is 11.5 Å². The molecular weight excluding hydrogens is 320 g/mol. The highest BCUT2D eigenvalue weighted by atomic mass is 35.5. The zero-order valence-corrected chi connectivity index (χ0v) is 12.4. The number of rotatable bonds is 2. The summed E-state index contributed by atoms with van der Waals surface area (Å²) >= 11 is 6.00. The van der Waals surface area contributed by atoms with E-state index < -0.39 is 5.91 Å². The Bertz CT molecular complexity index is 966. The molecule has 0 unspecified atom stereocenters. The van der Waals surface area contributed by atoms with Crippen molar-refractivity contribution in [1.29, 1.82) is 0 Å². The van der Waals surface area contributed by atoms with Crippen molar-refractivity contribution in [3.63, 3.8) is 0 Å². The number of halogens is 1. The summed E-state index contributed by atoms with van der Waals surface area (Å²) in [5.41, 5.74) is 0.471. The Morgan fingerprint density at radius 2 is 1.96 bits per heavy atom. The minimum Gasteiger partial charge on any atom is -0.508 e. The number of hydrogen-bond acceptors (Lipinski definition) is 5. The SMILES string of the molecule is O=C(Nc1ccccc1Cl)c1cc2ccc(O)cc2o/c1=N\O. The van der Waals surface area contributed by atoms with E-state index in [1.54, 1.807) is 30.3 Å². The number of fused-ring (bicyclic) bond motifs is 1. The van der Waals surface area contributed by atoms with E-state index in [1.807, 2.05) is 0 Å². The second-order valence-electron chi connectivity index (χ2n) is 4.72. The van der Waals surface area contributed by atoms with Crippen molar-refractivity contribution in [1.82, 2.24) is 0 Å². The second kappa shape index (κ2) is 6.02. The lowest BCUT2D eigenvalue weighted by Gasteiger charge is -2.07. The molecule has 7 heteroatoms. The third-order valence-electron chi connectivity index (χ3n) is 3.19. The molecule has 0 fully saturated rings. The van der Waals surface area contributed by atoms with Crippen LogP contribution < -0.4 is 10.9 Å². The van der Waals surface area contributed by atoms with E-state index in [2.05, 4.69) is 10.5 Å². The number of benzene rings is 2. The maximum atomic E-state index is 12.4. The van der Waals surface area contributed by atoms with E-state index in [0.717, 1.165) is 0 Å². The number of anilines is 1. The molecule has 0 saturated carbocycles. The highest BCUT2D eigenvalue weighted by Crippen LogP contribution is 2.22. The molecular formula is C16H11ClN2O4. The van der Waals surface area contributed by atoms with Gasteiger partial charge in [-0.3, -0.25) is 4.79 Å². The fourth-order valence-corrected chi connectivity index (χ4v) is 2.28. The Labute approximate surface area is 135 Å². The number of aromatic hydroxyl groups is 1. The molecule has 0 bridgehead atoms. The summed E-state index contributed by atoms with van der Waals surface area (Å²) in [4.78, 5) is 12.4. The number of hydrogen-bond donors (Lipinski definition) is 3. The largest absolute Gasteiger partial charge is 0.508 e. The smallest absolute Gasteiger partial charge is 0.268 e. The van der Waals surface area contributed by atoms with Crippen molar-refractivity contribution in [3.8, 4) is 5.75 Å². The molecule has 6 nitrogen and oxygen atoms in total. The first-order valence-electron chi connectivity index (χ1n) is 6.59. The Morgan fingerprint density at radius 3 is 2.70 bits per heavy atom. The van der Waals surface area contributed by atoms with Gasteiger partial charge in [-0.25, -0.2) is 0 Å². The van der Waals surface area contributed by atoms with Gasteiger partial charge in [0.05, 0.1) is 10.7 Å². The van der Waals surface area contributed by atoms with E-state index in [9.17, 15) is 9.90 Å². The molecule has 0 spiro atoms. The van der Waals surface area contributed by atoms with E-state index in [1.165, 1.54) is 18.2 Å². The second-order valence-corrected chi connectivity index (χ2v) is 5.13. The minimum atomic E-state index is -0.537. The lowest BCUT2D eigenvalue weighted by Crippen LogP contribution is -2.21. The molecule has 1 heterocycles. The lowest BCUT2D eigenvalue weighted by atomic mass is 10.1. The van der Waals surface area contributed by atoms with Crippen molar-refractivity contribution in [2.45, 2.75) is 0 Å². The predicted octanol–water partition coefficient (Wildman–Crippen LogP) is 3.33. The van der Waals surface area contributed by atoms with Crippen LogP contribution in [-0.2, 0) is 0 Å². The molecule has 0 saturated heterocycles. The van der Waals surface area contributed by atoms with Crippen molar-refractivity contribution < 1.29 is 19.5 Å². The van der Waals surface area contributed by atoms with Gasteiger partial charge in [0.2, 0.25) is 0 Å². The maximum absolute atomic E-state index is 12.4. The molecule has 23 heavy (non-hydrogen) atoms. The molecule has 2 aromatic carbocycles. The Hall–Kier alpha value is -2.99. The monoisotopic (exact) mass is 330 g/mol. The number of carbonyl (C=O) groups is 1. The van der Waals surface area contributed by atoms with Crippen LogP contribution in [-0.4, -0.2) is 16.2 Å². The Kier molecular flexibility index (Phi) is 3.91. The molecule has 0 aliphatic heterocycles. The average molecular weight is 331 g/mol. The van der Waals surface area contributed by atoms with E-state index in [-0.39, 0.29) is 22.5 Å². The Balaban J connectivity index is 2.06. The van der Waals surface area contributed by atoms with Crippen LogP contribution in [0.15, 0.2) is 58.1 Å². The molecule has 0 radical (unpaired) electrons. The van der Waals surface area contributed by atoms with Crippen LogP contribution >= 0.6 is 11.6 Å². The number of para-hydroxylation sites is 1. The van der Waals surface area contributed by atoms with Gasteiger partial charge in [-0.2, -0.15) is 0 Å². The summed E-state index contributed by atoms with van der Waals surface area (Å²) in [7, 11) is 0. The number of amides is 1. The summed E-state index contributed by atoms with van der Waals surface area (Å²) in [5, 5.41) is 25.1. The fourth-order valence-electron chi connectivity index (χ4n) is 2.10. The summed E-state index contributed by atoms with van der Waals surface area (Å²) in [6.07, 6.45) is 0. The number of nitrogens with zero attached hydrogens (tertiary/aromatic N) is 1. The van der Waals surface area contributed by atoms with Crippen molar-refractivity contribution in [2.75, 3.05) is 5.32 Å². The van der Waals surface area contributed by atoms with Crippen LogP contribution in [0.5, 0.6) is 5.75 Å². The van der Waals surface area contributed by atoms with Crippen molar-refractivity contribution >= 4 is 34.2 Å². The molecule has 3 N–H and O–H groups in total. The van der Waals surface area contributed by atoms with Gasteiger partial charge >= 0.3 is 0 Å². The first kappa shape index (κ1) is 14.9. The molecule has 0 aliphatic rings. The number of phenols is 1.